The molecule has 1 atom stereocenters. The average molecular weight is 376 g/mol. The van der Waals surface area contributed by atoms with Crippen LogP contribution in [0.25, 0.3) is 0 Å². The molecular weight excluding hydrogens is 358 g/mol. The van der Waals surface area contributed by atoms with E-state index < -0.39 is 16.1 Å². The quantitative estimate of drug-likeness (QED) is 0.806. The molecule has 1 amide bonds. The Bertz CT molecular complexity index is 661. The molecule has 1 aliphatic rings. The van der Waals surface area contributed by atoms with E-state index in [-0.39, 0.29) is 16.5 Å². The minimum absolute atomic E-state index is 0.0373. The van der Waals surface area contributed by atoms with Crippen LogP contribution >= 0.6 is 15.9 Å². The second-order valence-corrected chi connectivity index (χ2v) is 7.96. The van der Waals surface area contributed by atoms with E-state index >= 15 is 0 Å². The Kier molecular flexibility index (Phi) is 4.60. The van der Waals surface area contributed by atoms with Gasteiger partial charge in [-0.3, -0.25) is 4.79 Å². The van der Waals surface area contributed by atoms with Crippen molar-refractivity contribution in [3.63, 3.8) is 0 Å². The summed E-state index contributed by atoms with van der Waals surface area (Å²) in [5, 5.41) is 0. The molecule has 2 N–H and O–H groups in total. The molecule has 6 nitrogen and oxygen atoms in total. The first kappa shape index (κ1) is 16.3. The number of nitrogens with two attached hydrogens (primary N) is 1. The molecule has 1 fully saturated rings. The van der Waals surface area contributed by atoms with E-state index in [2.05, 4.69) is 15.9 Å². The van der Waals surface area contributed by atoms with Gasteiger partial charge < -0.3 is 10.6 Å². The summed E-state index contributed by atoms with van der Waals surface area (Å²) in [7, 11) is -0.541. The number of hydrogen-bond donors (Lipinski definition) is 1. The van der Waals surface area contributed by atoms with Gasteiger partial charge in [0, 0.05) is 25.1 Å². The van der Waals surface area contributed by atoms with Crippen LogP contribution in [0.4, 0.5) is 5.69 Å². The van der Waals surface area contributed by atoms with E-state index in [9.17, 15) is 13.2 Å². The number of nitrogen functional groups attached to an aromatic ring is 1. The zero-order valence-electron chi connectivity index (χ0n) is 11.9. The number of benzene rings is 1. The Hall–Kier alpha value is -1.12. The van der Waals surface area contributed by atoms with Crippen molar-refractivity contribution < 1.29 is 13.2 Å². The average Bonchev–Trinajstić information content (AvgIpc) is 2.90. The number of likely N-dealkylation sites (N-methyl/N-ethyl adjacent to an activating group) is 1. The summed E-state index contributed by atoms with van der Waals surface area (Å²) in [6, 6.07) is 4.04. The maximum Gasteiger partial charge on any atom is 0.245 e. The highest BCUT2D eigenvalue weighted by atomic mass is 79.9. The monoisotopic (exact) mass is 375 g/mol. The molecule has 1 aliphatic heterocycles. The first-order valence-corrected chi connectivity index (χ1v) is 8.76. The Morgan fingerprint density at radius 3 is 2.71 bits per heavy atom. The van der Waals surface area contributed by atoms with Gasteiger partial charge in [-0.1, -0.05) is 15.9 Å². The second kappa shape index (κ2) is 5.94. The van der Waals surface area contributed by atoms with E-state index in [4.69, 9.17) is 5.73 Å². The van der Waals surface area contributed by atoms with E-state index in [1.807, 2.05) is 0 Å². The lowest BCUT2D eigenvalue weighted by Gasteiger charge is -2.26. The van der Waals surface area contributed by atoms with Crippen molar-refractivity contribution in [3.05, 3.63) is 22.7 Å². The molecule has 21 heavy (non-hydrogen) atoms. The summed E-state index contributed by atoms with van der Waals surface area (Å²) in [6.45, 7) is 0.332. The first-order chi connectivity index (χ1) is 9.75. The summed E-state index contributed by atoms with van der Waals surface area (Å²) in [5.41, 5.74) is 5.98. The van der Waals surface area contributed by atoms with Crippen LogP contribution in [-0.4, -0.2) is 50.2 Å². The van der Waals surface area contributed by atoms with Gasteiger partial charge in [0.15, 0.2) is 0 Å². The third kappa shape index (κ3) is 3.07. The van der Waals surface area contributed by atoms with E-state index in [0.717, 1.165) is 0 Å². The summed E-state index contributed by atoms with van der Waals surface area (Å²) in [5.74, 6) is -0.204. The number of rotatable bonds is 3. The first-order valence-electron chi connectivity index (χ1n) is 6.53. The van der Waals surface area contributed by atoms with Crippen molar-refractivity contribution in [1.29, 1.82) is 0 Å². The number of sulfonamides is 1. The molecule has 0 spiro atoms. The molecular formula is C13H18BrN3O3S. The van der Waals surface area contributed by atoms with Crippen LogP contribution in [0.3, 0.4) is 0 Å². The number of halogens is 1. The molecule has 1 saturated heterocycles. The number of anilines is 1. The van der Waals surface area contributed by atoms with Crippen LogP contribution in [0.15, 0.2) is 27.6 Å². The molecule has 8 heteroatoms. The fraction of sp³-hybridized carbons (Fsp3) is 0.462. The Morgan fingerprint density at radius 1 is 1.43 bits per heavy atom. The van der Waals surface area contributed by atoms with Crippen molar-refractivity contribution in [2.45, 2.75) is 23.8 Å². The predicted octanol–water partition coefficient (Wildman–Crippen LogP) is 1.27. The summed E-state index contributed by atoms with van der Waals surface area (Å²) in [4.78, 5) is 13.6. The molecule has 1 unspecified atom stereocenters. The minimum Gasteiger partial charge on any atom is -0.398 e. The largest absolute Gasteiger partial charge is 0.398 e. The van der Waals surface area contributed by atoms with E-state index in [0.29, 0.717) is 23.9 Å². The van der Waals surface area contributed by atoms with Crippen LogP contribution in [-0.2, 0) is 14.8 Å². The predicted molar refractivity (Wildman–Crippen MR) is 84.2 cm³/mol. The van der Waals surface area contributed by atoms with Gasteiger partial charge >= 0.3 is 0 Å². The van der Waals surface area contributed by atoms with Crippen molar-refractivity contribution in [2.75, 3.05) is 26.4 Å². The van der Waals surface area contributed by atoms with Crippen molar-refractivity contribution in [1.82, 2.24) is 9.21 Å². The molecule has 0 aromatic heterocycles. The highest BCUT2D eigenvalue weighted by Gasteiger charge is 2.40. The van der Waals surface area contributed by atoms with E-state index in [1.54, 1.807) is 20.2 Å². The summed E-state index contributed by atoms with van der Waals surface area (Å²) < 4.78 is 27.5. The Balaban J connectivity index is 2.43. The highest BCUT2D eigenvalue weighted by Crippen LogP contribution is 2.31. The standard InChI is InChI=1S/C13H18BrN3O3S/c1-16(2)13(18)11-4-3-7-17(11)21(19,20)12-8-9(14)5-6-10(12)15/h5-6,8,11H,3-4,7,15H2,1-2H3. The lowest BCUT2D eigenvalue weighted by atomic mass is 10.2. The summed E-state index contributed by atoms with van der Waals surface area (Å²) in [6.07, 6.45) is 1.20. The Morgan fingerprint density at radius 2 is 2.10 bits per heavy atom. The van der Waals surface area contributed by atoms with Gasteiger partial charge in [-0.2, -0.15) is 4.31 Å². The molecule has 0 radical (unpaired) electrons. The number of hydrogen-bond acceptors (Lipinski definition) is 4. The van der Waals surface area contributed by atoms with Gasteiger partial charge in [-0.05, 0) is 31.0 Å². The number of carbonyl (C=O) groups excluding carboxylic acids is 1. The maximum absolute atomic E-state index is 12.8. The number of carbonyl (C=O) groups is 1. The Labute approximate surface area is 133 Å². The zero-order valence-corrected chi connectivity index (χ0v) is 14.3. The fourth-order valence-corrected chi connectivity index (χ4v) is 4.74. The zero-order chi connectivity index (χ0) is 15.8. The fourth-order valence-electron chi connectivity index (χ4n) is 2.43. The van der Waals surface area contributed by atoms with Crippen molar-refractivity contribution >= 4 is 37.5 Å². The van der Waals surface area contributed by atoms with Crippen molar-refractivity contribution in [3.8, 4) is 0 Å². The molecule has 2 rings (SSSR count). The lowest BCUT2D eigenvalue weighted by Crippen LogP contribution is -2.45. The van der Waals surface area contributed by atoms with Gasteiger partial charge in [-0.25, -0.2) is 8.42 Å². The van der Waals surface area contributed by atoms with Crippen LogP contribution < -0.4 is 5.73 Å². The second-order valence-electron chi connectivity index (χ2n) is 5.19. The van der Waals surface area contributed by atoms with Crippen LogP contribution in [0.1, 0.15) is 12.8 Å². The third-order valence-corrected chi connectivity index (χ3v) is 5.95. The van der Waals surface area contributed by atoms with Gasteiger partial charge in [-0.15, -0.1) is 0 Å². The number of nitrogens with zero attached hydrogens (tertiary/aromatic N) is 2. The van der Waals surface area contributed by atoms with Gasteiger partial charge in [0.2, 0.25) is 15.9 Å². The minimum atomic E-state index is -3.79. The summed E-state index contributed by atoms with van der Waals surface area (Å²) >= 11 is 3.25. The maximum atomic E-state index is 12.8. The third-order valence-electron chi connectivity index (χ3n) is 3.49. The molecule has 1 aromatic rings. The molecule has 1 aromatic carbocycles. The van der Waals surface area contributed by atoms with E-state index in [1.165, 1.54) is 21.3 Å². The molecule has 116 valence electrons. The van der Waals surface area contributed by atoms with Gasteiger partial charge in [0.05, 0.1) is 5.69 Å². The molecule has 1 heterocycles. The topological polar surface area (TPSA) is 83.7 Å². The van der Waals surface area contributed by atoms with Crippen molar-refractivity contribution in [2.24, 2.45) is 0 Å². The van der Waals surface area contributed by atoms with Crippen LogP contribution in [0, 0.1) is 0 Å². The molecule has 0 aliphatic carbocycles. The highest BCUT2D eigenvalue weighted by molar-refractivity contribution is 9.10. The van der Waals surface area contributed by atoms with Gasteiger partial charge in [0.1, 0.15) is 10.9 Å². The lowest BCUT2D eigenvalue weighted by molar-refractivity contribution is -0.132. The van der Waals surface area contributed by atoms with Crippen LogP contribution in [0.2, 0.25) is 0 Å². The normalized spacial score (nSPS) is 19.7. The smallest absolute Gasteiger partial charge is 0.245 e. The molecule has 0 saturated carbocycles. The number of amides is 1. The SMILES string of the molecule is CN(C)C(=O)C1CCCN1S(=O)(=O)c1cc(Br)ccc1N. The molecule has 0 bridgehead atoms. The van der Waals surface area contributed by atoms with Gasteiger partial charge in [0.25, 0.3) is 0 Å². The van der Waals surface area contributed by atoms with Crippen LogP contribution in [0.5, 0.6) is 0 Å².